The van der Waals surface area contributed by atoms with Crippen LogP contribution < -0.4 is 4.90 Å². The largest absolute Gasteiger partial charge is 0.300 e. The van der Waals surface area contributed by atoms with Crippen LogP contribution in [0.25, 0.3) is 0 Å². The van der Waals surface area contributed by atoms with E-state index >= 15 is 0 Å². The summed E-state index contributed by atoms with van der Waals surface area (Å²) in [5.41, 5.74) is 1.71. The molecule has 0 bridgehead atoms. The quantitative estimate of drug-likeness (QED) is 0.592. The zero-order valence-corrected chi connectivity index (χ0v) is 12.8. The lowest BCUT2D eigenvalue weighted by atomic mass is 10.1. The van der Waals surface area contributed by atoms with E-state index in [0.29, 0.717) is 26.9 Å². The van der Waals surface area contributed by atoms with Crippen molar-refractivity contribution in [1.29, 1.82) is 0 Å². The summed E-state index contributed by atoms with van der Waals surface area (Å²) in [4.78, 5) is 25.2. The first-order valence-electron chi connectivity index (χ1n) is 6.47. The summed E-state index contributed by atoms with van der Waals surface area (Å²) in [6, 6.07) is 11.9. The summed E-state index contributed by atoms with van der Waals surface area (Å²) in [6.07, 6.45) is 0. The Labute approximate surface area is 137 Å². The predicted octanol–water partition coefficient (Wildman–Crippen LogP) is 3.57. The summed E-state index contributed by atoms with van der Waals surface area (Å²) in [5.74, 6) is 4.75. The fourth-order valence-electron chi connectivity index (χ4n) is 2.20. The zero-order chi connectivity index (χ0) is 15.7. The van der Waals surface area contributed by atoms with Crippen molar-refractivity contribution in [3.8, 4) is 11.8 Å². The van der Waals surface area contributed by atoms with Crippen molar-refractivity contribution >= 4 is 40.6 Å². The van der Waals surface area contributed by atoms with Gasteiger partial charge >= 0.3 is 0 Å². The molecule has 1 aliphatic heterocycles. The van der Waals surface area contributed by atoms with Gasteiger partial charge in [-0.3, -0.25) is 14.5 Å². The van der Waals surface area contributed by atoms with E-state index in [1.807, 2.05) is 0 Å². The second kappa shape index (κ2) is 5.84. The molecule has 0 unspecified atom stereocenters. The van der Waals surface area contributed by atoms with E-state index < -0.39 is 11.7 Å². The summed E-state index contributed by atoms with van der Waals surface area (Å²) in [6.45, 7) is 0.141. The number of rotatable bonds is 1. The third-order valence-electron chi connectivity index (χ3n) is 3.27. The highest BCUT2D eigenvalue weighted by Crippen LogP contribution is 2.28. The number of para-hydroxylation sites is 1. The van der Waals surface area contributed by atoms with Gasteiger partial charge in [-0.2, -0.15) is 0 Å². The van der Waals surface area contributed by atoms with E-state index in [0.717, 1.165) is 0 Å². The molecular formula is C17H9Cl2NO2. The standard InChI is InChI=1S/C17H9Cl2NO2/c18-13-8-7-11(10-14(13)19)4-3-9-20-15-6-2-1-5-12(15)16(21)17(20)22/h1-2,5-8,10H,9H2. The number of fused-ring (bicyclic) bond motifs is 1. The summed E-state index contributed by atoms with van der Waals surface area (Å²) >= 11 is 11.8. The minimum Gasteiger partial charge on any atom is -0.293 e. The molecule has 5 heteroatoms. The molecule has 0 saturated heterocycles. The summed E-state index contributed by atoms with van der Waals surface area (Å²) in [7, 11) is 0. The van der Waals surface area contributed by atoms with Crippen molar-refractivity contribution in [3.63, 3.8) is 0 Å². The van der Waals surface area contributed by atoms with E-state index in [9.17, 15) is 9.59 Å². The molecule has 22 heavy (non-hydrogen) atoms. The van der Waals surface area contributed by atoms with E-state index in [4.69, 9.17) is 23.2 Å². The molecule has 1 amide bonds. The number of hydrogen-bond acceptors (Lipinski definition) is 2. The Kier molecular flexibility index (Phi) is 3.89. The SMILES string of the molecule is O=C1C(=O)N(CC#Cc2ccc(Cl)c(Cl)c2)c2ccccc21. The molecule has 0 atom stereocenters. The van der Waals surface area contributed by atoms with Crippen molar-refractivity contribution in [1.82, 2.24) is 0 Å². The van der Waals surface area contributed by atoms with E-state index in [-0.39, 0.29) is 6.54 Å². The van der Waals surface area contributed by atoms with Gasteiger partial charge in [0.15, 0.2) is 0 Å². The van der Waals surface area contributed by atoms with Gasteiger partial charge in [-0.1, -0.05) is 47.2 Å². The van der Waals surface area contributed by atoms with Crippen molar-refractivity contribution in [2.24, 2.45) is 0 Å². The number of Topliss-reactive ketones (excluding diaryl/α,β-unsaturated/α-hetero) is 1. The van der Waals surface area contributed by atoms with Gasteiger partial charge in [-0.15, -0.1) is 0 Å². The minimum atomic E-state index is -0.551. The molecule has 0 aliphatic carbocycles. The van der Waals surface area contributed by atoms with Crippen molar-refractivity contribution in [2.45, 2.75) is 0 Å². The average Bonchev–Trinajstić information content (AvgIpc) is 2.76. The van der Waals surface area contributed by atoms with Crippen LogP contribution in [0, 0.1) is 11.8 Å². The fourth-order valence-corrected chi connectivity index (χ4v) is 2.50. The smallest absolute Gasteiger partial charge is 0.293 e. The number of amides is 1. The van der Waals surface area contributed by atoms with Crippen molar-refractivity contribution in [2.75, 3.05) is 11.4 Å². The van der Waals surface area contributed by atoms with Gasteiger partial charge in [0.1, 0.15) is 0 Å². The number of benzene rings is 2. The Hall–Kier alpha value is -2.28. The van der Waals surface area contributed by atoms with Crippen LogP contribution in [0.2, 0.25) is 10.0 Å². The Morgan fingerprint density at radius 3 is 2.55 bits per heavy atom. The molecule has 2 aromatic carbocycles. The van der Waals surface area contributed by atoms with Gasteiger partial charge in [0.05, 0.1) is 27.8 Å². The molecule has 3 rings (SSSR count). The lowest BCUT2D eigenvalue weighted by Crippen LogP contribution is -2.29. The molecule has 2 aromatic rings. The predicted molar refractivity (Wildman–Crippen MR) is 86.5 cm³/mol. The number of ketones is 1. The maximum absolute atomic E-state index is 12.0. The lowest BCUT2D eigenvalue weighted by molar-refractivity contribution is -0.114. The van der Waals surface area contributed by atoms with Crippen molar-refractivity contribution in [3.05, 3.63) is 63.6 Å². The highest BCUT2D eigenvalue weighted by atomic mass is 35.5. The van der Waals surface area contributed by atoms with E-state index in [1.165, 1.54) is 4.90 Å². The molecule has 0 aromatic heterocycles. The zero-order valence-electron chi connectivity index (χ0n) is 11.3. The molecule has 0 spiro atoms. The number of carbonyl (C=O) groups is 2. The minimum absolute atomic E-state index is 0.141. The van der Waals surface area contributed by atoms with Crippen LogP contribution in [0.5, 0.6) is 0 Å². The topological polar surface area (TPSA) is 37.4 Å². The lowest BCUT2D eigenvalue weighted by Gasteiger charge is -2.11. The van der Waals surface area contributed by atoms with Gasteiger partial charge < -0.3 is 0 Å². The maximum atomic E-state index is 12.0. The highest BCUT2D eigenvalue weighted by molar-refractivity contribution is 6.52. The highest BCUT2D eigenvalue weighted by Gasteiger charge is 2.34. The second-order valence-corrected chi connectivity index (χ2v) is 5.48. The first kappa shape index (κ1) is 14.6. The molecule has 1 aliphatic rings. The van der Waals surface area contributed by atoms with E-state index in [1.54, 1.807) is 42.5 Å². The van der Waals surface area contributed by atoms with Crippen molar-refractivity contribution < 1.29 is 9.59 Å². The molecule has 3 nitrogen and oxygen atoms in total. The Balaban J connectivity index is 1.83. The van der Waals surface area contributed by atoms with Gasteiger partial charge in [0.25, 0.3) is 11.7 Å². The number of hydrogen-bond donors (Lipinski definition) is 0. The molecule has 0 radical (unpaired) electrons. The van der Waals surface area contributed by atoms with Crippen LogP contribution >= 0.6 is 23.2 Å². The third-order valence-corrected chi connectivity index (χ3v) is 4.01. The van der Waals surface area contributed by atoms with Crippen LogP contribution in [0.1, 0.15) is 15.9 Å². The van der Waals surface area contributed by atoms with Crippen LogP contribution in [0.4, 0.5) is 5.69 Å². The summed E-state index contributed by atoms with van der Waals surface area (Å²) in [5, 5.41) is 0.882. The van der Waals surface area contributed by atoms with Gasteiger partial charge in [0.2, 0.25) is 0 Å². The average molecular weight is 330 g/mol. The van der Waals surface area contributed by atoms with Gasteiger partial charge in [-0.25, -0.2) is 0 Å². The Bertz CT molecular complexity index is 849. The molecular weight excluding hydrogens is 321 g/mol. The third kappa shape index (κ3) is 2.59. The van der Waals surface area contributed by atoms with Crippen LogP contribution in [0.3, 0.4) is 0 Å². The second-order valence-electron chi connectivity index (χ2n) is 4.67. The number of nitrogens with zero attached hydrogens (tertiary/aromatic N) is 1. The molecule has 0 N–H and O–H groups in total. The fraction of sp³-hybridized carbons (Fsp3) is 0.0588. The first-order valence-corrected chi connectivity index (χ1v) is 7.22. The molecule has 108 valence electrons. The van der Waals surface area contributed by atoms with Crippen LogP contribution in [-0.2, 0) is 4.79 Å². The van der Waals surface area contributed by atoms with Crippen LogP contribution in [-0.4, -0.2) is 18.2 Å². The first-order chi connectivity index (χ1) is 10.6. The van der Waals surface area contributed by atoms with Crippen LogP contribution in [0.15, 0.2) is 42.5 Å². The number of halogens is 2. The van der Waals surface area contributed by atoms with Gasteiger partial charge in [-0.05, 0) is 30.3 Å². The maximum Gasteiger partial charge on any atom is 0.300 e. The molecule has 0 fully saturated rings. The van der Waals surface area contributed by atoms with E-state index in [2.05, 4.69) is 11.8 Å². The number of anilines is 1. The summed E-state index contributed by atoms with van der Waals surface area (Å²) < 4.78 is 0. The Morgan fingerprint density at radius 2 is 1.77 bits per heavy atom. The normalized spacial score (nSPS) is 12.9. The molecule has 0 saturated carbocycles. The van der Waals surface area contributed by atoms with Gasteiger partial charge in [0, 0.05) is 5.56 Å². The number of carbonyl (C=O) groups excluding carboxylic acids is 2. The Morgan fingerprint density at radius 1 is 1.00 bits per heavy atom. The molecule has 1 heterocycles. The monoisotopic (exact) mass is 329 g/mol.